The van der Waals surface area contributed by atoms with Gasteiger partial charge in [-0.05, 0) is 50.0 Å². The van der Waals surface area contributed by atoms with Gasteiger partial charge in [-0.2, -0.15) is 0 Å². The fourth-order valence-corrected chi connectivity index (χ4v) is 4.02. The summed E-state index contributed by atoms with van der Waals surface area (Å²) in [7, 11) is 4.16. The summed E-state index contributed by atoms with van der Waals surface area (Å²) >= 11 is 12.5. The van der Waals surface area contributed by atoms with Gasteiger partial charge in [0.05, 0.1) is 5.52 Å². The van der Waals surface area contributed by atoms with Crippen LogP contribution in [0.15, 0.2) is 72.8 Å². The molecule has 31 heavy (non-hydrogen) atoms. The molecule has 6 heteroatoms. The first-order chi connectivity index (χ1) is 15.0. The fraction of sp³-hybridized carbons (Fsp3) is 0.200. The first-order valence-electron chi connectivity index (χ1n) is 10.2. The van der Waals surface area contributed by atoms with Crippen molar-refractivity contribution >= 4 is 39.9 Å². The van der Waals surface area contributed by atoms with Crippen molar-refractivity contribution in [1.29, 1.82) is 0 Å². The molecule has 4 rings (SSSR count). The van der Waals surface area contributed by atoms with Gasteiger partial charge < -0.3 is 9.80 Å². The van der Waals surface area contributed by atoms with Crippen LogP contribution in [-0.2, 0) is 6.54 Å². The Morgan fingerprint density at radius 2 is 1.45 bits per heavy atom. The number of benzene rings is 3. The van der Waals surface area contributed by atoms with Crippen LogP contribution < -0.4 is 4.90 Å². The van der Waals surface area contributed by atoms with E-state index in [1.807, 2.05) is 36.4 Å². The summed E-state index contributed by atoms with van der Waals surface area (Å²) in [6.45, 7) is 2.49. The maximum atomic E-state index is 6.26. The normalized spacial score (nSPS) is 11.3. The molecule has 0 amide bonds. The van der Waals surface area contributed by atoms with Gasteiger partial charge in [-0.3, -0.25) is 0 Å². The topological polar surface area (TPSA) is 32.3 Å². The number of para-hydroxylation sites is 1. The Bertz CT molecular complexity index is 1160. The molecule has 0 spiro atoms. The summed E-state index contributed by atoms with van der Waals surface area (Å²) < 4.78 is 0. The van der Waals surface area contributed by atoms with Crippen molar-refractivity contribution < 1.29 is 0 Å². The van der Waals surface area contributed by atoms with Crippen LogP contribution in [0.2, 0.25) is 10.0 Å². The van der Waals surface area contributed by atoms with E-state index in [4.69, 9.17) is 33.2 Å². The summed E-state index contributed by atoms with van der Waals surface area (Å²) in [4.78, 5) is 14.3. The lowest BCUT2D eigenvalue weighted by atomic mass is 10.1. The van der Waals surface area contributed by atoms with Crippen molar-refractivity contribution in [2.24, 2.45) is 0 Å². The molecule has 0 unspecified atom stereocenters. The third kappa shape index (κ3) is 5.34. The maximum Gasteiger partial charge on any atom is 0.162 e. The molecule has 1 aromatic heterocycles. The lowest BCUT2D eigenvalue weighted by Gasteiger charge is -2.27. The van der Waals surface area contributed by atoms with Crippen molar-refractivity contribution in [2.45, 2.75) is 6.54 Å². The van der Waals surface area contributed by atoms with Gasteiger partial charge in [-0.1, -0.05) is 65.7 Å². The number of hydrogen-bond acceptors (Lipinski definition) is 4. The zero-order valence-corrected chi connectivity index (χ0v) is 19.1. The van der Waals surface area contributed by atoms with Crippen molar-refractivity contribution in [2.75, 3.05) is 32.1 Å². The third-order valence-corrected chi connectivity index (χ3v) is 5.47. The molecule has 0 saturated heterocycles. The van der Waals surface area contributed by atoms with E-state index in [1.54, 1.807) is 6.07 Å². The van der Waals surface area contributed by atoms with Crippen LogP contribution in [0.3, 0.4) is 0 Å². The van der Waals surface area contributed by atoms with Crippen LogP contribution in [-0.4, -0.2) is 42.1 Å². The van der Waals surface area contributed by atoms with Crippen molar-refractivity contribution in [3.05, 3.63) is 88.4 Å². The number of aromatic nitrogens is 2. The standard InChI is InChI=1S/C25H24Cl2N4/c1-30(2)12-13-31(17-18-8-4-3-5-9-18)25-22-10-6-7-11-23(22)28-24(29-25)19-14-20(26)16-21(27)15-19/h3-11,14-16H,12-13,17H2,1-2H3. The highest BCUT2D eigenvalue weighted by atomic mass is 35.5. The minimum atomic E-state index is 0.564. The molecule has 3 aromatic carbocycles. The molecular weight excluding hydrogens is 427 g/mol. The van der Waals surface area contributed by atoms with E-state index in [0.717, 1.165) is 41.9 Å². The van der Waals surface area contributed by atoms with Gasteiger partial charge in [0, 0.05) is 40.6 Å². The zero-order chi connectivity index (χ0) is 21.8. The van der Waals surface area contributed by atoms with Gasteiger partial charge in [-0.25, -0.2) is 9.97 Å². The first kappa shape index (κ1) is 21.6. The molecule has 0 N–H and O–H groups in total. The van der Waals surface area contributed by atoms with Crippen LogP contribution in [0, 0.1) is 0 Å². The van der Waals surface area contributed by atoms with Gasteiger partial charge in [-0.15, -0.1) is 0 Å². The molecule has 158 valence electrons. The lowest BCUT2D eigenvalue weighted by molar-refractivity contribution is 0.412. The smallest absolute Gasteiger partial charge is 0.162 e. The van der Waals surface area contributed by atoms with E-state index in [-0.39, 0.29) is 0 Å². The molecule has 0 fully saturated rings. The van der Waals surface area contributed by atoms with E-state index in [9.17, 15) is 0 Å². The number of hydrogen-bond donors (Lipinski definition) is 0. The predicted octanol–water partition coefficient (Wildman–Crippen LogP) is 6.17. The second kappa shape index (κ2) is 9.65. The quantitative estimate of drug-likeness (QED) is 0.336. The Labute approximate surface area is 193 Å². The zero-order valence-electron chi connectivity index (χ0n) is 17.6. The number of likely N-dealkylation sites (N-methyl/N-ethyl adjacent to an activating group) is 1. The second-order valence-corrected chi connectivity index (χ2v) is 8.63. The maximum absolute atomic E-state index is 6.26. The Hall–Kier alpha value is -2.66. The third-order valence-electron chi connectivity index (χ3n) is 5.04. The number of nitrogens with zero attached hydrogens (tertiary/aromatic N) is 4. The average molecular weight is 451 g/mol. The molecule has 0 aliphatic rings. The molecule has 0 atom stereocenters. The highest BCUT2D eigenvalue weighted by Crippen LogP contribution is 2.31. The number of fused-ring (bicyclic) bond motifs is 1. The number of rotatable bonds is 7. The van der Waals surface area contributed by atoms with Crippen LogP contribution in [0.1, 0.15) is 5.56 Å². The van der Waals surface area contributed by atoms with Gasteiger partial charge >= 0.3 is 0 Å². The Morgan fingerprint density at radius 3 is 2.16 bits per heavy atom. The van der Waals surface area contributed by atoms with Gasteiger partial charge in [0.25, 0.3) is 0 Å². The largest absolute Gasteiger partial charge is 0.350 e. The van der Waals surface area contributed by atoms with Gasteiger partial charge in [0.15, 0.2) is 5.82 Å². The minimum Gasteiger partial charge on any atom is -0.350 e. The van der Waals surface area contributed by atoms with E-state index >= 15 is 0 Å². The summed E-state index contributed by atoms with van der Waals surface area (Å²) in [5.74, 6) is 1.52. The molecule has 0 radical (unpaired) electrons. The highest BCUT2D eigenvalue weighted by Gasteiger charge is 2.17. The van der Waals surface area contributed by atoms with Crippen molar-refractivity contribution in [3.63, 3.8) is 0 Å². The van der Waals surface area contributed by atoms with Crippen LogP contribution in [0.5, 0.6) is 0 Å². The van der Waals surface area contributed by atoms with Crippen LogP contribution in [0.4, 0.5) is 5.82 Å². The summed E-state index contributed by atoms with van der Waals surface area (Å²) in [5, 5.41) is 2.15. The van der Waals surface area contributed by atoms with Crippen LogP contribution in [0.25, 0.3) is 22.3 Å². The first-order valence-corrected chi connectivity index (χ1v) is 10.9. The Kier molecular flexibility index (Phi) is 6.71. The van der Waals surface area contributed by atoms with Gasteiger partial charge in [0.2, 0.25) is 0 Å². The van der Waals surface area contributed by atoms with Crippen LogP contribution >= 0.6 is 23.2 Å². The fourth-order valence-electron chi connectivity index (χ4n) is 3.50. The molecule has 1 heterocycles. The second-order valence-electron chi connectivity index (χ2n) is 7.76. The number of halogens is 2. The lowest BCUT2D eigenvalue weighted by Crippen LogP contribution is -2.32. The molecule has 0 bridgehead atoms. The number of anilines is 1. The van der Waals surface area contributed by atoms with Crippen molar-refractivity contribution in [1.82, 2.24) is 14.9 Å². The van der Waals surface area contributed by atoms with E-state index in [2.05, 4.69) is 54.2 Å². The summed E-state index contributed by atoms with van der Waals surface area (Å²) in [6, 6.07) is 24.0. The Balaban J connectivity index is 1.85. The van der Waals surface area contributed by atoms with E-state index in [1.165, 1.54) is 5.56 Å². The molecular formula is C25H24Cl2N4. The Morgan fingerprint density at radius 1 is 0.774 bits per heavy atom. The molecule has 0 aliphatic heterocycles. The average Bonchev–Trinajstić information content (AvgIpc) is 2.76. The monoisotopic (exact) mass is 450 g/mol. The summed E-state index contributed by atoms with van der Waals surface area (Å²) in [5.41, 5.74) is 2.93. The minimum absolute atomic E-state index is 0.564. The van der Waals surface area contributed by atoms with E-state index < -0.39 is 0 Å². The highest BCUT2D eigenvalue weighted by molar-refractivity contribution is 6.35. The van der Waals surface area contributed by atoms with Gasteiger partial charge in [0.1, 0.15) is 5.82 Å². The van der Waals surface area contributed by atoms with E-state index in [0.29, 0.717) is 15.9 Å². The molecule has 4 aromatic rings. The van der Waals surface area contributed by atoms with Crippen molar-refractivity contribution in [3.8, 4) is 11.4 Å². The summed E-state index contributed by atoms with van der Waals surface area (Å²) in [6.07, 6.45) is 0. The predicted molar refractivity (Wildman–Crippen MR) is 131 cm³/mol. The molecule has 0 aliphatic carbocycles. The SMILES string of the molecule is CN(C)CCN(Cc1ccccc1)c1nc(-c2cc(Cl)cc(Cl)c2)nc2ccccc12. The molecule has 0 saturated carbocycles. The molecule has 4 nitrogen and oxygen atoms in total.